The minimum absolute atomic E-state index is 0.0843. The monoisotopic (exact) mass is 261 g/mol. The highest BCUT2D eigenvalue weighted by atomic mass is 16.5. The molecule has 0 aliphatic heterocycles. The number of pyridine rings is 1. The molecule has 4 heteroatoms. The maximum atomic E-state index is 5.61. The largest absolute Gasteiger partial charge is 0.377 e. The van der Waals surface area contributed by atoms with E-state index in [-0.39, 0.29) is 5.60 Å². The summed E-state index contributed by atoms with van der Waals surface area (Å²) in [5, 5.41) is 1.20. The second-order valence-electron chi connectivity index (χ2n) is 5.39. The van der Waals surface area contributed by atoms with E-state index in [4.69, 9.17) is 4.74 Å². The number of aromatic amines is 1. The van der Waals surface area contributed by atoms with Crippen LogP contribution in [0.5, 0.6) is 0 Å². The van der Waals surface area contributed by atoms with Gasteiger partial charge >= 0.3 is 0 Å². The molecule has 0 spiro atoms. The molecule has 0 bridgehead atoms. The van der Waals surface area contributed by atoms with E-state index in [1.54, 1.807) is 7.11 Å². The molecule has 2 rings (SSSR count). The minimum Gasteiger partial charge on any atom is -0.377 e. The molecule has 0 aromatic carbocycles. The Balaban J connectivity index is 2.10. The zero-order valence-corrected chi connectivity index (χ0v) is 12.2. The number of ether oxygens (including phenoxy) is 1. The Labute approximate surface area is 114 Å². The number of hydrogen-bond acceptors (Lipinski definition) is 3. The summed E-state index contributed by atoms with van der Waals surface area (Å²) in [5.74, 6) is 0. The second-order valence-corrected chi connectivity index (χ2v) is 5.39. The summed E-state index contributed by atoms with van der Waals surface area (Å²) in [6.45, 7) is 6.13. The third kappa shape index (κ3) is 3.14. The van der Waals surface area contributed by atoms with Gasteiger partial charge in [0.2, 0.25) is 0 Å². The number of likely N-dealkylation sites (N-methyl/N-ethyl adjacent to an activating group) is 1. The number of methoxy groups -OCH3 is 1. The van der Waals surface area contributed by atoms with E-state index >= 15 is 0 Å². The van der Waals surface area contributed by atoms with Crippen molar-refractivity contribution in [3.8, 4) is 0 Å². The molecule has 0 saturated carbocycles. The lowest BCUT2D eigenvalue weighted by molar-refractivity contribution is -0.0214. The molecule has 2 heterocycles. The van der Waals surface area contributed by atoms with Crippen molar-refractivity contribution in [1.29, 1.82) is 0 Å². The van der Waals surface area contributed by atoms with Crippen molar-refractivity contribution < 1.29 is 4.74 Å². The van der Waals surface area contributed by atoms with E-state index in [9.17, 15) is 0 Å². The summed E-state index contributed by atoms with van der Waals surface area (Å²) in [4.78, 5) is 9.77. The number of aromatic nitrogens is 2. The molecular weight excluding hydrogens is 238 g/mol. The predicted molar refractivity (Wildman–Crippen MR) is 78.1 cm³/mol. The summed E-state index contributed by atoms with van der Waals surface area (Å²) in [5.41, 5.74) is 2.16. The average molecular weight is 261 g/mol. The number of H-pyrrole nitrogens is 1. The van der Waals surface area contributed by atoms with Crippen molar-refractivity contribution in [3.63, 3.8) is 0 Å². The Bertz CT molecular complexity index is 531. The molecule has 1 unspecified atom stereocenters. The molecule has 104 valence electrons. The van der Waals surface area contributed by atoms with Crippen LogP contribution in [-0.4, -0.2) is 41.2 Å². The van der Waals surface area contributed by atoms with Gasteiger partial charge in [-0.3, -0.25) is 4.90 Å². The van der Waals surface area contributed by atoms with Crippen LogP contribution in [0.2, 0.25) is 0 Å². The van der Waals surface area contributed by atoms with Crippen LogP contribution in [0.25, 0.3) is 11.0 Å². The van der Waals surface area contributed by atoms with Crippen LogP contribution in [-0.2, 0) is 11.3 Å². The number of fused-ring (bicyclic) bond motifs is 1. The Hall–Kier alpha value is -1.39. The van der Waals surface area contributed by atoms with Crippen LogP contribution in [0.15, 0.2) is 24.5 Å². The van der Waals surface area contributed by atoms with Gasteiger partial charge in [-0.05, 0) is 38.1 Å². The van der Waals surface area contributed by atoms with E-state index < -0.39 is 0 Å². The van der Waals surface area contributed by atoms with Crippen molar-refractivity contribution in [2.45, 2.75) is 32.4 Å². The normalized spacial score (nSPS) is 15.0. The number of rotatable bonds is 6. The average Bonchev–Trinajstić information content (AvgIpc) is 2.88. The zero-order chi connectivity index (χ0) is 13.9. The molecule has 1 N–H and O–H groups in total. The lowest BCUT2D eigenvalue weighted by atomic mass is 10.0. The fraction of sp³-hybridized carbons (Fsp3) is 0.533. The van der Waals surface area contributed by atoms with Crippen LogP contribution >= 0.6 is 0 Å². The maximum absolute atomic E-state index is 5.61. The van der Waals surface area contributed by atoms with Crippen molar-refractivity contribution in [3.05, 3.63) is 30.1 Å². The SMILES string of the molecule is CCC(C)(CN(C)Cc1ccnc2[nH]ccc12)OC. The third-order valence-electron chi connectivity index (χ3n) is 3.84. The van der Waals surface area contributed by atoms with Gasteiger partial charge in [-0.15, -0.1) is 0 Å². The van der Waals surface area contributed by atoms with Gasteiger partial charge in [0.05, 0.1) is 5.60 Å². The number of hydrogen-bond donors (Lipinski definition) is 1. The summed E-state index contributed by atoms with van der Waals surface area (Å²) >= 11 is 0. The molecule has 0 fully saturated rings. The van der Waals surface area contributed by atoms with Gasteiger partial charge in [-0.2, -0.15) is 0 Å². The van der Waals surface area contributed by atoms with Crippen molar-refractivity contribution >= 4 is 11.0 Å². The molecular formula is C15H23N3O. The summed E-state index contributed by atoms with van der Waals surface area (Å²) < 4.78 is 5.61. The Morgan fingerprint density at radius 1 is 1.42 bits per heavy atom. The highest BCUT2D eigenvalue weighted by Crippen LogP contribution is 2.19. The Morgan fingerprint density at radius 2 is 2.21 bits per heavy atom. The first-order valence-electron chi connectivity index (χ1n) is 6.72. The standard InChI is InChI=1S/C15H23N3O/c1-5-15(2,19-4)11-18(3)10-12-6-8-16-14-13(12)7-9-17-14/h6-9H,5,10-11H2,1-4H3,(H,16,17). The zero-order valence-electron chi connectivity index (χ0n) is 12.2. The van der Waals surface area contributed by atoms with E-state index in [1.807, 2.05) is 12.4 Å². The van der Waals surface area contributed by atoms with Crippen molar-refractivity contribution in [2.24, 2.45) is 0 Å². The lowest BCUT2D eigenvalue weighted by Gasteiger charge is -2.31. The van der Waals surface area contributed by atoms with Gasteiger partial charge in [0.25, 0.3) is 0 Å². The van der Waals surface area contributed by atoms with Gasteiger partial charge < -0.3 is 9.72 Å². The topological polar surface area (TPSA) is 41.2 Å². The van der Waals surface area contributed by atoms with Gasteiger partial charge in [0.15, 0.2) is 0 Å². The molecule has 0 saturated heterocycles. The smallest absolute Gasteiger partial charge is 0.137 e. The maximum Gasteiger partial charge on any atom is 0.137 e. The first kappa shape index (κ1) is 14.0. The number of nitrogens with zero attached hydrogens (tertiary/aromatic N) is 2. The molecule has 2 aromatic rings. The summed E-state index contributed by atoms with van der Waals surface area (Å²) in [7, 11) is 3.92. The Kier molecular flexibility index (Phi) is 4.22. The van der Waals surface area contributed by atoms with E-state index in [2.05, 4.69) is 47.9 Å². The quantitative estimate of drug-likeness (QED) is 0.869. The molecule has 1 atom stereocenters. The van der Waals surface area contributed by atoms with E-state index in [0.717, 1.165) is 25.2 Å². The fourth-order valence-electron chi connectivity index (χ4n) is 2.39. The first-order chi connectivity index (χ1) is 9.08. The van der Waals surface area contributed by atoms with E-state index in [0.29, 0.717) is 0 Å². The van der Waals surface area contributed by atoms with Crippen LogP contribution < -0.4 is 0 Å². The van der Waals surface area contributed by atoms with Crippen LogP contribution in [0.4, 0.5) is 0 Å². The summed E-state index contributed by atoms with van der Waals surface area (Å²) in [6, 6.07) is 4.17. The number of nitrogens with one attached hydrogen (secondary N) is 1. The third-order valence-corrected chi connectivity index (χ3v) is 3.84. The molecule has 0 radical (unpaired) electrons. The van der Waals surface area contributed by atoms with Gasteiger partial charge in [-0.25, -0.2) is 4.98 Å². The highest BCUT2D eigenvalue weighted by molar-refractivity contribution is 5.79. The fourth-order valence-corrected chi connectivity index (χ4v) is 2.39. The van der Waals surface area contributed by atoms with Crippen molar-refractivity contribution in [1.82, 2.24) is 14.9 Å². The van der Waals surface area contributed by atoms with E-state index in [1.165, 1.54) is 10.9 Å². The molecule has 0 aliphatic carbocycles. The van der Waals surface area contributed by atoms with Gasteiger partial charge in [0.1, 0.15) is 5.65 Å². The molecule has 19 heavy (non-hydrogen) atoms. The first-order valence-corrected chi connectivity index (χ1v) is 6.72. The molecule has 4 nitrogen and oxygen atoms in total. The predicted octanol–water partition coefficient (Wildman–Crippen LogP) is 2.81. The van der Waals surface area contributed by atoms with Gasteiger partial charge in [0, 0.05) is 38.0 Å². The molecule has 0 aliphatic rings. The summed E-state index contributed by atoms with van der Waals surface area (Å²) in [6.07, 6.45) is 4.80. The van der Waals surface area contributed by atoms with Crippen LogP contribution in [0.3, 0.4) is 0 Å². The lowest BCUT2D eigenvalue weighted by Crippen LogP contribution is -2.39. The minimum atomic E-state index is -0.0843. The van der Waals surface area contributed by atoms with Crippen LogP contribution in [0.1, 0.15) is 25.8 Å². The van der Waals surface area contributed by atoms with Gasteiger partial charge in [-0.1, -0.05) is 6.92 Å². The second kappa shape index (κ2) is 5.72. The molecule has 2 aromatic heterocycles. The van der Waals surface area contributed by atoms with Crippen LogP contribution in [0, 0.1) is 0 Å². The highest BCUT2D eigenvalue weighted by Gasteiger charge is 2.23. The van der Waals surface area contributed by atoms with Crippen molar-refractivity contribution in [2.75, 3.05) is 20.7 Å². The Morgan fingerprint density at radius 3 is 2.89 bits per heavy atom. The molecule has 0 amide bonds.